The van der Waals surface area contributed by atoms with E-state index in [1.165, 1.54) is 6.07 Å². The van der Waals surface area contributed by atoms with Gasteiger partial charge in [0.15, 0.2) is 0 Å². The summed E-state index contributed by atoms with van der Waals surface area (Å²) in [5, 5.41) is 0. The summed E-state index contributed by atoms with van der Waals surface area (Å²) in [4.78, 5) is 7.26. The van der Waals surface area contributed by atoms with Crippen molar-refractivity contribution in [1.29, 1.82) is 0 Å². The second-order valence-corrected chi connectivity index (χ2v) is 4.89. The van der Waals surface area contributed by atoms with Gasteiger partial charge >= 0.3 is 6.18 Å². The van der Waals surface area contributed by atoms with Gasteiger partial charge in [-0.1, -0.05) is 6.07 Å². The molecule has 6 heteroatoms. The predicted molar refractivity (Wildman–Crippen MR) is 75.7 cm³/mol. The van der Waals surface area contributed by atoms with Crippen molar-refractivity contribution in [3.8, 4) is 11.4 Å². The fourth-order valence-electron chi connectivity index (χ4n) is 2.21. The van der Waals surface area contributed by atoms with Gasteiger partial charge in [0.1, 0.15) is 5.82 Å². The molecule has 0 aliphatic rings. The van der Waals surface area contributed by atoms with Gasteiger partial charge < -0.3 is 10.7 Å². The number of aryl methyl sites for hydroxylation is 1. The van der Waals surface area contributed by atoms with Gasteiger partial charge in [-0.3, -0.25) is 0 Å². The molecule has 2 aromatic carbocycles. The lowest BCUT2D eigenvalue weighted by molar-refractivity contribution is -0.137. The second kappa shape index (κ2) is 4.51. The Labute approximate surface area is 118 Å². The first-order valence-electron chi connectivity index (χ1n) is 6.28. The number of nitrogens with one attached hydrogen (secondary N) is 1. The van der Waals surface area contributed by atoms with E-state index in [2.05, 4.69) is 9.97 Å². The molecular formula is C15H12F3N3. The molecular weight excluding hydrogens is 279 g/mol. The zero-order chi connectivity index (χ0) is 15.2. The third kappa shape index (κ3) is 2.44. The van der Waals surface area contributed by atoms with E-state index < -0.39 is 11.7 Å². The first-order valence-corrected chi connectivity index (χ1v) is 6.28. The van der Waals surface area contributed by atoms with Crippen LogP contribution in [0.2, 0.25) is 0 Å². The van der Waals surface area contributed by atoms with Crippen LogP contribution in [0.5, 0.6) is 0 Å². The minimum absolute atomic E-state index is 0.349. The van der Waals surface area contributed by atoms with Crippen molar-refractivity contribution in [3.05, 3.63) is 47.5 Å². The molecule has 0 aliphatic heterocycles. The third-order valence-corrected chi connectivity index (χ3v) is 3.33. The number of H-pyrrole nitrogens is 1. The number of rotatable bonds is 1. The molecule has 0 fully saturated rings. The standard InChI is InChI=1S/C15H12F3N3/c1-8-2-4-10(19)7-11(8)14-20-12-5-3-9(15(16,17)18)6-13(12)21-14/h2-7H,19H2,1H3,(H,20,21). The molecule has 0 aliphatic carbocycles. The summed E-state index contributed by atoms with van der Waals surface area (Å²) in [5.74, 6) is 0.508. The van der Waals surface area contributed by atoms with Crippen LogP contribution in [-0.4, -0.2) is 9.97 Å². The van der Waals surface area contributed by atoms with E-state index in [0.717, 1.165) is 23.3 Å². The number of aromatic nitrogens is 2. The lowest BCUT2D eigenvalue weighted by atomic mass is 10.1. The normalized spacial score (nSPS) is 12.0. The summed E-state index contributed by atoms with van der Waals surface area (Å²) in [6.07, 6.45) is -4.37. The zero-order valence-corrected chi connectivity index (χ0v) is 11.1. The number of aromatic amines is 1. The molecule has 0 radical (unpaired) electrons. The fourth-order valence-corrected chi connectivity index (χ4v) is 2.21. The Morgan fingerprint density at radius 1 is 1.10 bits per heavy atom. The second-order valence-electron chi connectivity index (χ2n) is 4.89. The van der Waals surface area contributed by atoms with Crippen molar-refractivity contribution in [2.75, 3.05) is 5.73 Å². The average molecular weight is 291 g/mol. The van der Waals surface area contributed by atoms with Gasteiger partial charge in [0.05, 0.1) is 16.6 Å². The lowest BCUT2D eigenvalue weighted by Gasteiger charge is -2.05. The number of halogens is 3. The molecule has 3 aromatic rings. The van der Waals surface area contributed by atoms with Crippen molar-refractivity contribution in [2.24, 2.45) is 0 Å². The number of anilines is 1. The van der Waals surface area contributed by atoms with Gasteiger partial charge in [-0.05, 0) is 42.8 Å². The molecule has 0 spiro atoms. The Morgan fingerprint density at radius 2 is 1.86 bits per heavy atom. The smallest absolute Gasteiger partial charge is 0.399 e. The first-order chi connectivity index (χ1) is 9.84. The van der Waals surface area contributed by atoms with Gasteiger partial charge in [0.25, 0.3) is 0 Å². The van der Waals surface area contributed by atoms with Crippen LogP contribution in [0, 0.1) is 6.92 Å². The Morgan fingerprint density at radius 3 is 2.57 bits per heavy atom. The largest absolute Gasteiger partial charge is 0.416 e. The van der Waals surface area contributed by atoms with E-state index in [0.29, 0.717) is 22.5 Å². The molecule has 21 heavy (non-hydrogen) atoms. The summed E-state index contributed by atoms with van der Waals surface area (Å²) >= 11 is 0. The Balaban J connectivity index is 2.15. The SMILES string of the molecule is Cc1ccc(N)cc1-c1nc2ccc(C(F)(F)F)cc2[nH]1. The Hall–Kier alpha value is -2.50. The number of nitrogens with zero attached hydrogens (tertiary/aromatic N) is 1. The molecule has 0 amide bonds. The van der Waals surface area contributed by atoms with Crippen LogP contribution in [0.3, 0.4) is 0 Å². The lowest BCUT2D eigenvalue weighted by Crippen LogP contribution is -2.04. The van der Waals surface area contributed by atoms with Crippen LogP contribution in [0.25, 0.3) is 22.4 Å². The minimum Gasteiger partial charge on any atom is -0.399 e. The maximum atomic E-state index is 12.7. The highest BCUT2D eigenvalue weighted by atomic mass is 19.4. The summed E-state index contributed by atoms with van der Waals surface area (Å²) in [5.41, 5.74) is 8.18. The van der Waals surface area contributed by atoms with Crippen LogP contribution in [-0.2, 0) is 6.18 Å². The van der Waals surface area contributed by atoms with E-state index in [1.54, 1.807) is 12.1 Å². The number of hydrogen-bond donors (Lipinski definition) is 2. The first kappa shape index (κ1) is 13.5. The highest BCUT2D eigenvalue weighted by Gasteiger charge is 2.30. The van der Waals surface area contributed by atoms with Crippen LogP contribution in [0.1, 0.15) is 11.1 Å². The van der Waals surface area contributed by atoms with Crippen molar-refractivity contribution in [1.82, 2.24) is 9.97 Å². The molecule has 3 nitrogen and oxygen atoms in total. The van der Waals surface area contributed by atoms with E-state index in [9.17, 15) is 13.2 Å². The zero-order valence-electron chi connectivity index (χ0n) is 11.1. The van der Waals surface area contributed by atoms with E-state index in [1.807, 2.05) is 13.0 Å². The highest BCUT2D eigenvalue weighted by Crippen LogP contribution is 2.32. The van der Waals surface area contributed by atoms with Crippen molar-refractivity contribution in [2.45, 2.75) is 13.1 Å². The van der Waals surface area contributed by atoms with E-state index in [4.69, 9.17) is 5.73 Å². The number of nitrogen functional groups attached to an aromatic ring is 1. The van der Waals surface area contributed by atoms with Crippen LogP contribution < -0.4 is 5.73 Å². The minimum atomic E-state index is -4.37. The van der Waals surface area contributed by atoms with Gasteiger partial charge in [-0.2, -0.15) is 13.2 Å². The number of fused-ring (bicyclic) bond motifs is 1. The molecule has 0 atom stereocenters. The molecule has 1 aromatic heterocycles. The van der Waals surface area contributed by atoms with Gasteiger partial charge in [-0.25, -0.2) is 4.98 Å². The fraction of sp³-hybridized carbons (Fsp3) is 0.133. The maximum Gasteiger partial charge on any atom is 0.416 e. The Bertz CT molecular complexity index is 819. The Kier molecular flexibility index (Phi) is 2.90. The van der Waals surface area contributed by atoms with E-state index >= 15 is 0 Å². The maximum absolute atomic E-state index is 12.7. The molecule has 3 rings (SSSR count). The number of benzene rings is 2. The van der Waals surface area contributed by atoms with Gasteiger partial charge in [0, 0.05) is 11.3 Å². The molecule has 1 heterocycles. The highest BCUT2D eigenvalue weighted by molar-refractivity contribution is 5.81. The number of nitrogens with two attached hydrogens (primary N) is 1. The number of hydrogen-bond acceptors (Lipinski definition) is 2. The quantitative estimate of drug-likeness (QED) is 0.662. The third-order valence-electron chi connectivity index (χ3n) is 3.33. The monoisotopic (exact) mass is 291 g/mol. The van der Waals surface area contributed by atoms with E-state index in [-0.39, 0.29) is 0 Å². The molecule has 108 valence electrons. The molecule has 3 N–H and O–H groups in total. The summed E-state index contributed by atoms with van der Waals surface area (Å²) in [6.45, 7) is 1.89. The summed E-state index contributed by atoms with van der Waals surface area (Å²) in [6, 6.07) is 8.81. The number of alkyl halides is 3. The summed E-state index contributed by atoms with van der Waals surface area (Å²) in [7, 11) is 0. The molecule has 0 unspecified atom stereocenters. The average Bonchev–Trinajstić information content (AvgIpc) is 2.83. The van der Waals surface area contributed by atoms with Crippen molar-refractivity contribution in [3.63, 3.8) is 0 Å². The topological polar surface area (TPSA) is 54.7 Å². The van der Waals surface area contributed by atoms with Gasteiger partial charge in [0.2, 0.25) is 0 Å². The number of imidazole rings is 1. The molecule has 0 saturated heterocycles. The molecule has 0 bridgehead atoms. The van der Waals surface area contributed by atoms with Crippen LogP contribution in [0.4, 0.5) is 18.9 Å². The summed E-state index contributed by atoms with van der Waals surface area (Å²) < 4.78 is 38.1. The predicted octanol–water partition coefficient (Wildman–Crippen LogP) is 4.14. The van der Waals surface area contributed by atoms with Crippen molar-refractivity contribution >= 4 is 16.7 Å². The van der Waals surface area contributed by atoms with Crippen LogP contribution >= 0.6 is 0 Å². The van der Waals surface area contributed by atoms with Crippen molar-refractivity contribution < 1.29 is 13.2 Å². The molecule has 0 saturated carbocycles. The van der Waals surface area contributed by atoms with Crippen LogP contribution in [0.15, 0.2) is 36.4 Å². The van der Waals surface area contributed by atoms with Gasteiger partial charge in [-0.15, -0.1) is 0 Å².